The molecule has 1 aromatic heterocycles. The van der Waals surface area contributed by atoms with E-state index in [1.807, 2.05) is 49.6 Å². The van der Waals surface area contributed by atoms with Gasteiger partial charge in [-0.2, -0.15) is 0 Å². The van der Waals surface area contributed by atoms with Gasteiger partial charge in [-0.3, -0.25) is 14.2 Å². The fraction of sp³-hybridized carbons (Fsp3) is 0.158. The number of ether oxygens (including phenoxy) is 1. The number of carbonyl (C=O) groups excluding carboxylic acids is 2. The molecule has 1 radical (unpaired) electrons. The van der Waals surface area contributed by atoms with Gasteiger partial charge in [0.2, 0.25) is 6.29 Å². The molecular weight excluding hydrogens is 290 g/mol. The van der Waals surface area contributed by atoms with Crippen LogP contribution in [-0.4, -0.2) is 23.9 Å². The smallest absolute Gasteiger partial charge is 0.262 e. The molecule has 0 aliphatic carbocycles. The van der Waals surface area contributed by atoms with Crippen LogP contribution in [0.1, 0.15) is 21.6 Å². The van der Waals surface area contributed by atoms with Crippen molar-refractivity contribution in [3.8, 4) is 5.75 Å². The summed E-state index contributed by atoms with van der Waals surface area (Å²) in [6.07, 6.45) is 2.07. The number of hydrogen-bond donors (Lipinski definition) is 0. The topological polar surface area (TPSA) is 48.3 Å². The first-order chi connectivity index (χ1) is 11.2. The van der Waals surface area contributed by atoms with Crippen LogP contribution in [0.4, 0.5) is 0 Å². The summed E-state index contributed by atoms with van der Waals surface area (Å²) in [5.74, 6) is 0.573. The van der Waals surface area contributed by atoms with Gasteiger partial charge in [0.05, 0.1) is 12.6 Å². The van der Waals surface area contributed by atoms with Crippen LogP contribution in [0.2, 0.25) is 0 Å². The van der Waals surface area contributed by atoms with E-state index in [2.05, 4.69) is 0 Å². The lowest BCUT2D eigenvalue weighted by Gasteiger charge is -2.07. The van der Waals surface area contributed by atoms with E-state index < -0.39 is 0 Å². The first-order valence-electron chi connectivity index (χ1n) is 7.30. The van der Waals surface area contributed by atoms with Crippen LogP contribution in [0.25, 0.3) is 10.9 Å². The Kier molecular flexibility index (Phi) is 3.98. The van der Waals surface area contributed by atoms with Crippen molar-refractivity contribution in [2.24, 2.45) is 0 Å². The molecule has 0 aliphatic heterocycles. The molecule has 0 aliphatic rings. The Labute approximate surface area is 134 Å². The molecule has 3 rings (SSSR count). The second kappa shape index (κ2) is 6.08. The van der Waals surface area contributed by atoms with Gasteiger partial charge in [0.25, 0.3) is 5.91 Å². The summed E-state index contributed by atoms with van der Waals surface area (Å²) in [4.78, 5) is 23.8. The van der Waals surface area contributed by atoms with Crippen molar-refractivity contribution in [2.75, 3.05) is 7.11 Å². The molecule has 0 fully saturated rings. The van der Waals surface area contributed by atoms with Gasteiger partial charge >= 0.3 is 0 Å². The van der Waals surface area contributed by atoms with E-state index in [0.29, 0.717) is 11.3 Å². The van der Waals surface area contributed by atoms with Gasteiger partial charge in [0, 0.05) is 23.1 Å². The van der Waals surface area contributed by atoms with E-state index in [4.69, 9.17) is 4.74 Å². The van der Waals surface area contributed by atoms with Crippen LogP contribution in [-0.2, 0) is 11.2 Å². The van der Waals surface area contributed by atoms with E-state index >= 15 is 0 Å². The first-order valence-corrected chi connectivity index (χ1v) is 7.30. The zero-order chi connectivity index (χ0) is 16.4. The zero-order valence-electron chi connectivity index (χ0n) is 13.0. The number of hydrogen-bond acceptors (Lipinski definition) is 3. The minimum atomic E-state index is -0.115. The Balaban J connectivity index is 2.26. The highest BCUT2D eigenvalue weighted by molar-refractivity contribution is 6.04. The summed E-state index contributed by atoms with van der Waals surface area (Å²) >= 11 is 0. The minimum Gasteiger partial charge on any atom is -0.497 e. The zero-order valence-corrected chi connectivity index (χ0v) is 13.0. The van der Waals surface area contributed by atoms with E-state index in [9.17, 15) is 9.59 Å². The third-order valence-electron chi connectivity index (χ3n) is 4.01. The molecule has 0 unspecified atom stereocenters. The standard InChI is InChI=1S/C19H16NO3/c1-13-16(10-11-21)17-12-15(23-2)8-9-18(17)20(13)19(22)14-6-4-3-5-7-14/h3-9,12H,10H2,1-2H3. The van der Waals surface area contributed by atoms with Crippen molar-refractivity contribution >= 4 is 23.1 Å². The second-order valence-corrected chi connectivity index (χ2v) is 5.27. The van der Waals surface area contributed by atoms with Gasteiger partial charge in [0.1, 0.15) is 5.75 Å². The highest BCUT2D eigenvalue weighted by Gasteiger charge is 2.20. The summed E-state index contributed by atoms with van der Waals surface area (Å²) in [5, 5.41) is 0.842. The quantitative estimate of drug-likeness (QED) is 0.743. The number of fused-ring (bicyclic) bond motifs is 1. The van der Waals surface area contributed by atoms with Crippen LogP contribution in [0.15, 0.2) is 48.5 Å². The molecule has 0 saturated heterocycles. The predicted molar refractivity (Wildman–Crippen MR) is 88.8 cm³/mol. The maximum atomic E-state index is 12.9. The average Bonchev–Trinajstić information content (AvgIpc) is 2.87. The van der Waals surface area contributed by atoms with Crippen LogP contribution in [0.3, 0.4) is 0 Å². The molecule has 1 heterocycles. The van der Waals surface area contributed by atoms with E-state index in [-0.39, 0.29) is 12.3 Å². The van der Waals surface area contributed by atoms with Gasteiger partial charge in [0.15, 0.2) is 0 Å². The molecule has 0 atom stereocenters. The summed E-state index contributed by atoms with van der Waals surface area (Å²) < 4.78 is 6.91. The number of rotatable bonds is 4. The molecular formula is C19H16NO3. The summed E-state index contributed by atoms with van der Waals surface area (Å²) in [7, 11) is 1.59. The van der Waals surface area contributed by atoms with Crippen molar-refractivity contribution in [3.63, 3.8) is 0 Å². The SMILES string of the molecule is COc1ccc2c(c1)c(C[C]=O)c(C)n2C(=O)c1ccccc1. The predicted octanol–water partition coefficient (Wildman–Crippen LogP) is 3.30. The molecule has 4 heteroatoms. The number of carbonyl (C=O) groups is 1. The van der Waals surface area contributed by atoms with Crippen LogP contribution < -0.4 is 4.74 Å². The fourth-order valence-corrected chi connectivity index (χ4v) is 2.86. The number of methoxy groups -OCH3 is 1. The second-order valence-electron chi connectivity index (χ2n) is 5.27. The largest absolute Gasteiger partial charge is 0.497 e. The van der Waals surface area contributed by atoms with Gasteiger partial charge in [-0.1, -0.05) is 18.2 Å². The van der Waals surface area contributed by atoms with E-state index in [1.54, 1.807) is 23.8 Å². The fourth-order valence-electron chi connectivity index (χ4n) is 2.86. The van der Waals surface area contributed by atoms with E-state index in [1.165, 1.54) is 0 Å². The van der Waals surface area contributed by atoms with Crippen LogP contribution in [0, 0.1) is 6.92 Å². The molecule has 4 nitrogen and oxygen atoms in total. The van der Waals surface area contributed by atoms with Crippen LogP contribution in [0.5, 0.6) is 5.75 Å². The monoisotopic (exact) mass is 306 g/mol. The molecule has 0 N–H and O–H groups in total. The van der Waals surface area contributed by atoms with Crippen molar-refractivity contribution < 1.29 is 14.3 Å². The third kappa shape index (κ3) is 2.52. The summed E-state index contributed by atoms with van der Waals surface area (Å²) in [5.41, 5.74) is 2.93. The number of nitrogens with zero attached hydrogens (tertiary/aromatic N) is 1. The minimum absolute atomic E-state index is 0.115. The van der Waals surface area contributed by atoms with Gasteiger partial charge in [-0.15, -0.1) is 0 Å². The van der Waals surface area contributed by atoms with Crippen molar-refractivity contribution in [2.45, 2.75) is 13.3 Å². The maximum Gasteiger partial charge on any atom is 0.262 e. The molecule has 3 aromatic rings. The van der Waals surface area contributed by atoms with Crippen molar-refractivity contribution in [3.05, 3.63) is 65.4 Å². The average molecular weight is 306 g/mol. The molecule has 0 amide bonds. The molecule has 2 aromatic carbocycles. The van der Waals surface area contributed by atoms with E-state index in [0.717, 1.165) is 22.2 Å². The molecule has 0 bridgehead atoms. The molecule has 0 spiro atoms. The van der Waals surface area contributed by atoms with Crippen LogP contribution >= 0.6 is 0 Å². The Bertz CT molecular complexity index is 879. The molecule has 115 valence electrons. The lowest BCUT2D eigenvalue weighted by molar-refractivity contribution is 0.0963. The molecule has 0 saturated carbocycles. The Morgan fingerprint density at radius 1 is 1.17 bits per heavy atom. The van der Waals surface area contributed by atoms with Gasteiger partial charge in [-0.25, -0.2) is 0 Å². The van der Waals surface area contributed by atoms with Crippen molar-refractivity contribution in [1.82, 2.24) is 4.57 Å². The normalized spacial score (nSPS) is 10.7. The third-order valence-corrected chi connectivity index (χ3v) is 4.01. The number of benzene rings is 2. The maximum absolute atomic E-state index is 12.9. The molecule has 23 heavy (non-hydrogen) atoms. The summed E-state index contributed by atoms with van der Waals surface area (Å²) in [6, 6.07) is 14.6. The lowest BCUT2D eigenvalue weighted by atomic mass is 10.1. The Hall–Kier alpha value is -2.88. The van der Waals surface area contributed by atoms with Gasteiger partial charge in [-0.05, 0) is 42.8 Å². The first kappa shape index (κ1) is 15.0. The Morgan fingerprint density at radius 3 is 2.57 bits per heavy atom. The highest BCUT2D eigenvalue weighted by atomic mass is 16.5. The van der Waals surface area contributed by atoms with Gasteiger partial charge < -0.3 is 4.74 Å². The van der Waals surface area contributed by atoms with Crippen molar-refractivity contribution in [1.29, 1.82) is 0 Å². The highest BCUT2D eigenvalue weighted by Crippen LogP contribution is 2.30. The lowest BCUT2D eigenvalue weighted by Crippen LogP contribution is -2.13. The summed E-state index contributed by atoms with van der Waals surface area (Å²) in [6.45, 7) is 1.85. The number of aromatic nitrogens is 1. The Morgan fingerprint density at radius 2 is 1.91 bits per heavy atom.